The van der Waals surface area contributed by atoms with E-state index >= 15 is 0 Å². The van der Waals surface area contributed by atoms with Crippen LogP contribution in [0.25, 0.3) is 5.69 Å². The van der Waals surface area contributed by atoms with Gasteiger partial charge in [-0.05, 0) is 43.2 Å². The molecule has 2 aromatic heterocycles. The third kappa shape index (κ3) is 3.56. The van der Waals surface area contributed by atoms with E-state index in [4.69, 9.17) is 0 Å². The van der Waals surface area contributed by atoms with E-state index in [2.05, 4.69) is 15.5 Å². The molecule has 26 heavy (non-hydrogen) atoms. The number of hydrogen-bond acceptors (Lipinski definition) is 4. The Bertz CT molecular complexity index is 974. The van der Waals surface area contributed by atoms with E-state index in [1.807, 2.05) is 24.4 Å². The predicted molar refractivity (Wildman–Crippen MR) is 96.4 cm³/mol. The highest BCUT2D eigenvalue weighted by Gasteiger charge is 2.25. The maximum Gasteiger partial charge on any atom is 0.266 e. The van der Waals surface area contributed by atoms with Crippen molar-refractivity contribution in [2.45, 2.75) is 25.3 Å². The predicted octanol–water partition coefficient (Wildman–Crippen LogP) is 1.74. The number of hydrogen-bond donors (Lipinski definition) is 1. The lowest BCUT2D eigenvalue weighted by molar-refractivity contribution is 0.0951. The van der Waals surface area contributed by atoms with Crippen LogP contribution in [-0.2, 0) is 6.54 Å². The zero-order valence-electron chi connectivity index (χ0n) is 14.2. The van der Waals surface area contributed by atoms with E-state index in [0.717, 1.165) is 24.2 Å². The molecule has 2 heterocycles. The minimum absolute atomic E-state index is 0.149. The lowest BCUT2D eigenvalue weighted by Crippen LogP contribution is -2.32. The summed E-state index contributed by atoms with van der Waals surface area (Å²) in [6, 6.07) is 12.4. The smallest absolute Gasteiger partial charge is 0.266 e. The highest BCUT2D eigenvalue weighted by atomic mass is 16.2. The van der Waals surface area contributed by atoms with Gasteiger partial charge < -0.3 is 5.32 Å². The molecule has 0 unspecified atom stereocenters. The molecule has 1 aliphatic carbocycles. The average molecular weight is 349 g/mol. The van der Waals surface area contributed by atoms with Gasteiger partial charge in [0.1, 0.15) is 0 Å². The molecule has 0 saturated heterocycles. The van der Waals surface area contributed by atoms with Crippen molar-refractivity contribution in [1.29, 1.82) is 0 Å². The van der Waals surface area contributed by atoms with Gasteiger partial charge in [-0.15, -0.1) is 0 Å². The molecule has 1 fully saturated rings. The normalized spacial score (nSPS) is 13.5. The fourth-order valence-electron chi connectivity index (χ4n) is 2.81. The molecule has 1 saturated carbocycles. The molecule has 1 N–H and O–H groups in total. The van der Waals surface area contributed by atoms with Crippen molar-refractivity contribution in [3.8, 4) is 5.69 Å². The van der Waals surface area contributed by atoms with Crippen LogP contribution in [0.4, 0.5) is 0 Å². The Morgan fingerprint density at radius 2 is 2.08 bits per heavy atom. The van der Waals surface area contributed by atoms with Crippen molar-refractivity contribution in [1.82, 2.24) is 24.9 Å². The number of benzene rings is 1. The SMILES string of the molecule is O=C(NCCn1nc(C2CC2)ccc1=O)c1cccc(-n2cccn2)c1. The molecule has 1 amide bonds. The third-order valence-electron chi connectivity index (χ3n) is 4.37. The Kier molecular flexibility index (Phi) is 4.35. The highest BCUT2D eigenvalue weighted by Crippen LogP contribution is 2.38. The van der Waals surface area contributed by atoms with Crippen molar-refractivity contribution < 1.29 is 4.79 Å². The summed E-state index contributed by atoms with van der Waals surface area (Å²) in [6.45, 7) is 0.690. The van der Waals surface area contributed by atoms with E-state index in [1.54, 1.807) is 35.1 Å². The number of carbonyl (C=O) groups excluding carboxylic acids is 1. The lowest BCUT2D eigenvalue weighted by atomic mass is 10.2. The Balaban J connectivity index is 1.39. The van der Waals surface area contributed by atoms with Crippen molar-refractivity contribution in [3.63, 3.8) is 0 Å². The summed E-state index contributed by atoms with van der Waals surface area (Å²) in [6.07, 6.45) is 5.78. The van der Waals surface area contributed by atoms with E-state index < -0.39 is 0 Å². The zero-order valence-corrected chi connectivity index (χ0v) is 14.2. The number of nitrogens with one attached hydrogen (secondary N) is 1. The second-order valence-corrected chi connectivity index (χ2v) is 6.35. The second kappa shape index (κ2) is 6.95. The van der Waals surface area contributed by atoms with Crippen molar-refractivity contribution >= 4 is 5.91 Å². The summed E-state index contributed by atoms with van der Waals surface area (Å²) in [7, 11) is 0. The molecule has 0 atom stereocenters. The molecule has 0 aliphatic heterocycles. The fraction of sp³-hybridized carbons (Fsp3) is 0.263. The Labute approximate surface area is 150 Å². The monoisotopic (exact) mass is 349 g/mol. The van der Waals surface area contributed by atoms with Gasteiger partial charge in [0.2, 0.25) is 0 Å². The lowest BCUT2D eigenvalue weighted by Gasteiger charge is -2.09. The maximum atomic E-state index is 12.4. The third-order valence-corrected chi connectivity index (χ3v) is 4.37. The van der Waals surface area contributed by atoms with Gasteiger partial charge >= 0.3 is 0 Å². The summed E-state index contributed by atoms with van der Waals surface area (Å²) < 4.78 is 3.12. The minimum atomic E-state index is -0.189. The Morgan fingerprint density at radius 3 is 2.85 bits per heavy atom. The molecule has 7 heteroatoms. The first kappa shape index (κ1) is 16.3. The zero-order chi connectivity index (χ0) is 17.9. The van der Waals surface area contributed by atoms with Crippen molar-refractivity contribution in [2.24, 2.45) is 0 Å². The Hall–Kier alpha value is -3.22. The van der Waals surface area contributed by atoms with E-state index in [9.17, 15) is 9.59 Å². The van der Waals surface area contributed by atoms with Gasteiger partial charge in [-0.1, -0.05) is 6.07 Å². The van der Waals surface area contributed by atoms with Crippen LogP contribution in [0.15, 0.2) is 59.7 Å². The van der Waals surface area contributed by atoms with Gasteiger partial charge in [-0.3, -0.25) is 9.59 Å². The molecule has 0 radical (unpaired) electrons. The first-order chi connectivity index (χ1) is 12.7. The van der Waals surface area contributed by atoms with Crippen LogP contribution in [0.3, 0.4) is 0 Å². The number of rotatable bonds is 6. The summed E-state index contributed by atoms with van der Waals surface area (Å²) >= 11 is 0. The van der Waals surface area contributed by atoms with Crippen LogP contribution < -0.4 is 10.9 Å². The molecular weight excluding hydrogens is 330 g/mol. The van der Waals surface area contributed by atoms with Crippen LogP contribution in [0.2, 0.25) is 0 Å². The average Bonchev–Trinajstić information content (AvgIpc) is 3.37. The maximum absolute atomic E-state index is 12.4. The van der Waals surface area contributed by atoms with Gasteiger partial charge in [0.25, 0.3) is 11.5 Å². The van der Waals surface area contributed by atoms with Crippen LogP contribution in [0.1, 0.15) is 34.8 Å². The van der Waals surface area contributed by atoms with E-state index in [-0.39, 0.29) is 11.5 Å². The van der Waals surface area contributed by atoms with Crippen LogP contribution in [-0.4, -0.2) is 32.0 Å². The largest absolute Gasteiger partial charge is 0.350 e. The molecule has 0 spiro atoms. The summed E-state index contributed by atoms with van der Waals surface area (Å²) in [5.74, 6) is 0.298. The minimum Gasteiger partial charge on any atom is -0.350 e. The fourth-order valence-corrected chi connectivity index (χ4v) is 2.81. The molecular formula is C19H19N5O2. The number of carbonyl (C=O) groups is 1. The van der Waals surface area contributed by atoms with Gasteiger partial charge in [0, 0.05) is 36.5 Å². The van der Waals surface area contributed by atoms with Gasteiger partial charge in [0.05, 0.1) is 17.9 Å². The van der Waals surface area contributed by atoms with Gasteiger partial charge in [-0.2, -0.15) is 10.2 Å². The molecule has 1 aromatic carbocycles. The van der Waals surface area contributed by atoms with E-state index in [1.165, 1.54) is 4.68 Å². The molecule has 3 aromatic rings. The van der Waals surface area contributed by atoms with Gasteiger partial charge in [-0.25, -0.2) is 9.36 Å². The topological polar surface area (TPSA) is 81.8 Å². The second-order valence-electron chi connectivity index (χ2n) is 6.35. The molecule has 4 rings (SSSR count). The Morgan fingerprint density at radius 1 is 1.19 bits per heavy atom. The highest BCUT2D eigenvalue weighted by molar-refractivity contribution is 5.94. The molecule has 1 aliphatic rings. The standard InChI is InChI=1S/C19H19N5O2/c25-18-8-7-17(14-5-6-14)22-24(18)12-10-20-19(26)15-3-1-4-16(13-15)23-11-2-9-21-23/h1-4,7-9,11,13-14H,5-6,10,12H2,(H,20,26). The molecule has 0 bridgehead atoms. The first-order valence-corrected chi connectivity index (χ1v) is 8.67. The summed E-state index contributed by atoms with van der Waals surface area (Å²) in [4.78, 5) is 24.3. The first-order valence-electron chi connectivity index (χ1n) is 8.67. The number of nitrogens with zero attached hydrogens (tertiary/aromatic N) is 4. The number of aromatic nitrogens is 4. The van der Waals surface area contributed by atoms with Gasteiger partial charge in [0.15, 0.2) is 0 Å². The van der Waals surface area contributed by atoms with Crippen LogP contribution in [0.5, 0.6) is 0 Å². The summed E-state index contributed by atoms with van der Waals surface area (Å²) in [5, 5.41) is 11.4. The van der Waals surface area contributed by atoms with Crippen molar-refractivity contribution in [2.75, 3.05) is 6.54 Å². The molecule has 7 nitrogen and oxygen atoms in total. The van der Waals surface area contributed by atoms with Crippen LogP contribution in [0, 0.1) is 0 Å². The number of amides is 1. The van der Waals surface area contributed by atoms with Crippen molar-refractivity contribution in [3.05, 3.63) is 76.5 Å². The van der Waals surface area contributed by atoms with E-state index in [0.29, 0.717) is 24.6 Å². The quantitative estimate of drug-likeness (QED) is 0.735. The molecule has 132 valence electrons. The summed E-state index contributed by atoms with van der Waals surface area (Å²) in [5.41, 5.74) is 2.18. The van der Waals surface area contributed by atoms with Crippen LogP contribution >= 0.6 is 0 Å².